The average molecular weight is 240 g/mol. The summed E-state index contributed by atoms with van der Waals surface area (Å²) in [6.07, 6.45) is 0. The Morgan fingerprint density at radius 2 is 2.11 bits per heavy atom. The summed E-state index contributed by atoms with van der Waals surface area (Å²) in [6, 6.07) is 9.97. The maximum absolute atomic E-state index is 10.9. The van der Waals surface area contributed by atoms with Crippen molar-refractivity contribution in [2.75, 3.05) is 5.73 Å². The molecule has 0 unspecified atom stereocenters. The van der Waals surface area contributed by atoms with Gasteiger partial charge in [-0.2, -0.15) is 5.26 Å². The normalized spacial score (nSPS) is 9.72. The molecule has 0 aliphatic carbocycles. The average Bonchev–Trinajstić information content (AvgIpc) is 2.38. The summed E-state index contributed by atoms with van der Waals surface area (Å²) >= 11 is 0. The predicted octanol–water partition coefficient (Wildman–Crippen LogP) is 1.30. The van der Waals surface area contributed by atoms with Crippen LogP contribution in [0.4, 0.5) is 5.95 Å². The van der Waals surface area contributed by atoms with Crippen LogP contribution in [0.25, 0.3) is 11.3 Å². The monoisotopic (exact) mass is 240 g/mol. The number of hydrogen-bond acceptors (Lipinski definition) is 5. The van der Waals surface area contributed by atoms with Crippen LogP contribution in [0.5, 0.6) is 0 Å². The first kappa shape index (κ1) is 11.5. The first-order valence-corrected chi connectivity index (χ1v) is 4.98. The second kappa shape index (κ2) is 4.51. The summed E-state index contributed by atoms with van der Waals surface area (Å²) < 4.78 is 0. The van der Waals surface area contributed by atoms with Crippen LogP contribution in [0.15, 0.2) is 30.3 Å². The molecule has 2 rings (SSSR count). The summed E-state index contributed by atoms with van der Waals surface area (Å²) in [7, 11) is 0. The number of aromatic nitrogens is 2. The Kier molecular flexibility index (Phi) is 2.89. The Hall–Kier alpha value is -2.94. The van der Waals surface area contributed by atoms with Gasteiger partial charge in [0.05, 0.1) is 17.3 Å². The number of nitrogens with two attached hydrogens (primary N) is 1. The largest absolute Gasteiger partial charge is 0.477 e. The highest BCUT2D eigenvalue weighted by Crippen LogP contribution is 2.19. The Morgan fingerprint density at radius 1 is 1.33 bits per heavy atom. The number of carbonyl (C=O) groups is 1. The molecule has 0 radical (unpaired) electrons. The molecule has 6 nitrogen and oxygen atoms in total. The van der Waals surface area contributed by atoms with Crippen molar-refractivity contribution in [2.45, 2.75) is 0 Å². The molecule has 0 saturated carbocycles. The number of carboxylic acid groups (broad SMARTS) is 1. The van der Waals surface area contributed by atoms with Gasteiger partial charge in [0.2, 0.25) is 5.95 Å². The van der Waals surface area contributed by atoms with Crippen molar-refractivity contribution in [2.24, 2.45) is 0 Å². The molecule has 0 amide bonds. The van der Waals surface area contributed by atoms with Gasteiger partial charge in [-0.05, 0) is 18.2 Å². The first-order valence-electron chi connectivity index (χ1n) is 4.98. The Labute approximate surface area is 102 Å². The summed E-state index contributed by atoms with van der Waals surface area (Å²) in [5.41, 5.74) is 6.72. The Balaban J connectivity index is 2.57. The van der Waals surface area contributed by atoms with Gasteiger partial charge < -0.3 is 10.8 Å². The third kappa shape index (κ3) is 2.25. The van der Waals surface area contributed by atoms with E-state index in [1.54, 1.807) is 24.3 Å². The quantitative estimate of drug-likeness (QED) is 0.817. The summed E-state index contributed by atoms with van der Waals surface area (Å²) in [5.74, 6) is -1.30. The van der Waals surface area contributed by atoms with Gasteiger partial charge >= 0.3 is 5.97 Å². The van der Waals surface area contributed by atoms with Crippen molar-refractivity contribution < 1.29 is 9.90 Å². The number of carboxylic acids is 1. The molecule has 0 fully saturated rings. The minimum absolute atomic E-state index is 0.118. The Morgan fingerprint density at radius 3 is 2.78 bits per heavy atom. The molecule has 2 aromatic rings. The third-order valence-electron chi connectivity index (χ3n) is 2.25. The van der Waals surface area contributed by atoms with Crippen LogP contribution in [-0.4, -0.2) is 21.0 Å². The van der Waals surface area contributed by atoms with Gasteiger partial charge in [0.15, 0.2) is 5.69 Å². The number of benzene rings is 1. The number of nitrogens with zero attached hydrogens (tertiary/aromatic N) is 3. The summed E-state index contributed by atoms with van der Waals surface area (Å²) in [4.78, 5) is 18.4. The number of anilines is 1. The topological polar surface area (TPSA) is 113 Å². The van der Waals surface area contributed by atoms with E-state index in [-0.39, 0.29) is 11.6 Å². The van der Waals surface area contributed by atoms with Crippen LogP contribution in [-0.2, 0) is 0 Å². The molecular formula is C12H8N4O2. The van der Waals surface area contributed by atoms with E-state index in [9.17, 15) is 4.79 Å². The van der Waals surface area contributed by atoms with E-state index in [4.69, 9.17) is 16.1 Å². The fourth-order valence-electron chi connectivity index (χ4n) is 1.47. The second-order valence-electron chi connectivity index (χ2n) is 3.49. The van der Waals surface area contributed by atoms with Gasteiger partial charge in [-0.3, -0.25) is 0 Å². The first-order chi connectivity index (χ1) is 8.60. The number of nitriles is 1. The molecule has 0 atom stereocenters. The highest BCUT2D eigenvalue weighted by Gasteiger charge is 2.10. The molecular weight excluding hydrogens is 232 g/mol. The van der Waals surface area contributed by atoms with E-state index in [0.717, 1.165) is 0 Å². The van der Waals surface area contributed by atoms with E-state index in [0.29, 0.717) is 16.8 Å². The molecule has 0 bridgehead atoms. The zero-order valence-corrected chi connectivity index (χ0v) is 9.16. The zero-order valence-electron chi connectivity index (χ0n) is 9.16. The van der Waals surface area contributed by atoms with Crippen LogP contribution < -0.4 is 5.73 Å². The van der Waals surface area contributed by atoms with Gasteiger partial charge in [0.25, 0.3) is 0 Å². The van der Waals surface area contributed by atoms with Crippen molar-refractivity contribution >= 4 is 11.9 Å². The molecule has 1 aromatic heterocycles. The number of rotatable bonds is 2. The molecule has 0 aliphatic heterocycles. The van der Waals surface area contributed by atoms with Crippen molar-refractivity contribution in [1.29, 1.82) is 5.26 Å². The van der Waals surface area contributed by atoms with Crippen molar-refractivity contribution in [3.8, 4) is 17.3 Å². The van der Waals surface area contributed by atoms with Gasteiger partial charge in [-0.15, -0.1) is 0 Å². The highest BCUT2D eigenvalue weighted by molar-refractivity contribution is 5.87. The summed E-state index contributed by atoms with van der Waals surface area (Å²) in [5, 5.41) is 17.7. The SMILES string of the molecule is N#Cc1cccc(-c2cc(C(=O)O)nc(N)n2)c1. The molecule has 1 aromatic carbocycles. The minimum Gasteiger partial charge on any atom is -0.477 e. The molecule has 1 heterocycles. The van der Waals surface area contributed by atoms with Crippen molar-refractivity contribution in [3.63, 3.8) is 0 Å². The maximum Gasteiger partial charge on any atom is 0.354 e. The number of nitrogen functional groups attached to an aromatic ring is 1. The third-order valence-corrected chi connectivity index (χ3v) is 2.25. The predicted molar refractivity (Wildman–Crippen MR) is 63.6 cm³/mol. The minimum atomic E-state index is -1.18. The fraction of sp³-hybridized carbons (Fsp3) is 0. The smallest absolute Gasteiger partial charge is 0.354 e. The fourth-order valence-corrected chi connectivity index (χ4v) is 1.47. The van der Waals surface area contributed by atoms with E-state index in [2.05, 4.69) is 9.97 Å². The lowest BCUT2D eigenvalue weighted by molar-refractivity contribution is 0.0690. The van der Waals surface area contributed by atoms with Gasteiger partial charge in [0, 0.05) is 5.56 Å². The maximum atomic E-state index is 10.9. The van der Waals surface area contributed by atoms with Crippen LogP contribution in [0.1, 0.15) is 16.1 Å². The molecule has 0 saturated heterocycles. The molecule has 18 heavy (non-hydrogen) atoms. The van der Waals surface area contributed by atoms with Crippen LogP contribution >= 0.6 is 0 Å². The standard InChI is InChI=1S/C12H8N4O2/c13-6-7-2-1-3-8(4-7)9-5-10(11(17)18)16-12(14)15-9/h1-5H,(H,17,18)(H2,14,15,16). The lowest BCUT2D eigenvalue weighted by Gasteiger charge is -2.03. The lowest BCUT2D eigenvalue weighted by atomic mass is 10.1. The van der Waals surface area contributed by atoms with E-state index < -0.39 is 5.97 Å². The molecule has 3 N–H and O–H groups in total. The molecule has 0 aliphatic rings. The van der Waals surface area contributed by atoms with Gasteiger partial charge in [-0.1, -0.05) is 12.1 Å². The molecule has 6 heteroatoms. The Bertz CT molecular complexity index is 661. The van der Waals surface area contributed by atoms with Crippen molar-refractivity contribution in [3.05, 3.63) is 41.6 Å². The van der Waals surface area contributed by atoms with Crippen LogP contribution in [0.3, 0.4) is 0 Å². The van der Waals surface area contributed by atoms with Gasteiger partial charge in [-0.25, -0.2) is 14.8 Å². The highest BCUT2D eigenvalue weighted by atomic mass is 16.4. The van der Waals surface area contributed by atoms with Crippen LogP contribution in [0.2, 0.25) is 0 Å². The number of hydrogen-bond donors (Lipinski definition) is 2. The zero-order chi connectivity index (χ0) is 13.1. The van der Waals surface area contributed by atoms with Gasteiger partial charge in [0.1, 0.15) is 0 Å². The summed E-state index contributed by atoms with van der Waals surface area (Å²) in [6.45, 7) is 0. The molecule has 0 spiro atoms. The lowest BCUT2D eigenvalue weighted by Crippen LogP contribution is -2.06. The second-order valence-corrected chi connectivity index (χ2v) is 3.49. The molecule has 88 valence electrons. The van der Waals surface area contributed by atoms with Crippen LogP contribution in [0, 0.1) is 11.3 Å². The van der Waals surface area contributed by atoms with E-state index in [1.165, 1.54) is 6.07 Å². The van der Waals surface area contributed by atoms with E-state index in [1.807, 2.05) is 6.07 Å². The van der Waals surface area contributed by atoms with Crippen molar-refractivity contribution in [1.82, 2.24) is 9.97 Å². The van der Waals surface area contributed by atoms with E-state index >= 15 is 0 Å². The number of aromatic carboxylic acids is 1.